The average Bonchev–Trinajstić information content (AvgIpc) is 2.81. The van der Waals surface area contributed by atoms with Crippen LogP contribution < -0.4 is 4.74 Å². The maximum atomic E-state index is 13.3. The Bertz CT molecular complexity index is 1240. The molecule has 0 saturated carbocycles. The fourth-order valence-corrected chi connectivity index (χ4v) is 8.07. The van der Waals surface area contributed by atoms with Gasteiger partial charge < -0.3 is 18.9 Å². The molecule has 2 atom stereocenters. The SMILES string of the molecule is CC(C)c1cc(Oc2c(I)cc(CC[P@@]3(=O)OCC[C@@H](c4cccc(Cl)c4)O3)cc2I)ccc1O. The van der Waals surface area contributed by atoms with E-state index in [0.717, 1.165) is 29.6 Å². The van der Waals surface area contributed by atoms with E-state index in [1.807, 2.05) is 56.3 Å². The van der Waals surface area contributed by atoms with Gasteiger partial charge in [-0.15, -0.1) is 0 Å². The van der Waals surface area contributed by atoms with E-state index < -0.39 is 7.60 Å². The van der Waals surface area contributed by atoms with Gasteiger partial charge in [-0.2, -0.15) is 0 Å². The number of benzene rings is 3. The van der Waals surface area contributed by atoms with E-state index >= 15 is 0 Å². The molecular formula is C26H26ClI2O5P. The molecule has 0 unspecified atom stereocenters. The molecule has 186 valence electrons. The minimum Gasteiger partial charge on any atom is -0.508 e. The van der Waals surface area contributed by atoms with Crippen molar-refractivity contribution in [1.29, 1.82) is 0 Å². The molecule has 1 heterocycles. The Labute approximate surface area is 238 Å². The molecule has 1 aliphatic heterocycles. The highest BCUT2D eigenvalue weighted by atomic mass is 127. The van der Waals surface area contributed by atoms with Crippen molar-refractivity contribution >= 4 is 64.4 Å². The predicted molar refractivity (Wildman–Crippen MR) is 156 cm³/mol. The lowest BCUT2D eigenvalue weighted by molar-refractivity contribution is 0.0815. The van der Waals surface area contributed by atoms with E-state index in [-0.39, 0.29) is 17.8 Å². The molecule has 1 fully saturated rings. The molecule has 0 aliphatic carbocycles. The maximum Gasteiger partial charge on any atom is 0.331 e. The van der Waals surface area contributed by atoms with Gasteiger partial charge in [0.05, 0.1) is 26.0 Å². The molecule has 3 aromatic carbocycles. The van der Waals surface area contributed by atoms with Crippen LogP contribution in [0.5, 0.6) is 17.2 Å². The molecule has 0 amide bonds. The number of hydrogen-bond acceptors (Lipinski definition) is 5. The van der Waals surface area contributed by atoms with Crippen LogP contribution in [0.4, 0.5) is 0 Å². The monoisotopic (exact) mass is 738 g/mol. The number of aromatic hydroxyl groups is 1. The van der Waals surface area contributed by atoms with Gasteiger partial charge in [0.2, 0.25) is 0 Å². The molecule has 1 saturated heterocycles. The van der Waals surface area contributed by atoms with Crippen molar-refractivity contribution in [2.24, 2.45) is 0 Å². The summed E-state index contributed by atoms with van der Waals surface area (Å²) in [6.45, 7) is 4.45. The molecule has 5 nitrogen and oxygen atoms in total. The zero-order valence-electron chi connectivity index (χ0n) is 19.3. The largest absolute Gasteiger partial charge is 0.508 e. The second-order valence-electron chi connectivity index (χ2n) is 8.72. The van der Waals surface area contributed by atoms with Gasteiger partial charge in [0.15, 0.2) is 5.75 Å². The summed E-state index contributed by atoms with van der Waals surface area (Å²) in [5.74, 6) is 1.89. The summed E-state index contributed by atoms with van der Waals surface area (Å²) in [6, 6.07) is 16.8. The summed E-state index contributed by atoms with van der Waals surface area (Å²) in [5, 5.41) is 10.7. The van der Waals surface area contributed by atoms with Crippen LogP contribution in [-0.4, -0.2) is 17.9 Å². The highest BCUT2D eigenvalue weighted by molar-refractivity contribution is 14.1. The zero-order chi connectivity index (χ0) is 25.2. The first-order chi connectivity index (χ1) is 16.6. The second-order valence-corrected chi connectivity index (χ2v) is 13.6. The Balaban J connectivity index is 1.45. The zero-order valence-corrected chi connectivity index (χ0v) is 25.3. The van der Waals surface area contributed by atoms with Gasteiger partial charge in [-0.05, 0) is 111 Å². The third kappa shape index (κ3) is 6.93. The first kappa shape index (κ1) is 27.2. The van der Waals surface area contributed by atoms with E-state index in [9.17, 15) is 9.67 Å². The van der Waals surface area contributed by atoms with Crippen LogP contribution in [0.2, 0.25) is 5.02 Å². The molecular weight excluding hydrogens is 713 g/mol. The Hall–Kier alpha value is -0.840. The summed E-state index contributed by atoms with van der Waals surface area (Å²) in [7, 11) is -3.24. The Morgan fingerprint density at radius 2 is 1.89 bits per heavy atom. The standard InChI is InChI=1S/C26H26ClI2O5P/c1-16(2)21-15-20(6-7-24(21)30)33-26-22(28)12-17(13-23(26)29)9-11-35(31)32-10-8-25(34-35)18-4-3-5-19(27)14-18/h3-7,12-16,25,30H,8-11H2,1-2H3/t25-,35+/m0/s1. The fourth-order valence-electron chi connectivity index (χ4n) is 3.92. The maximum absolute atomic E-state index is 13.3. The normalized spacial score (nSPS) is 20.2. The Morgan fingerprint density at radius 1 is 1.14 bits per heavy atom. The number of hydrogen-bond donors (Lipinski definition) is 1. The van der Waals surface area contributed by atoms with Crippen LogP contribution in [0.25, 0.3) is 0 Å². The number of phenolic OH excluding ortho intramolecular Hbond substituents is 1. The van der Waals surface area contributed by atoms with Crippen LogP contribution >= 0.6 is 64.4 Å². The van der Waals surface area contributed by atoms with Crippen molar-refractivity contribution in [2.45, 2.75) is 38.7 Å². The molecule has 35 heavy (non-hydrogen) atoms. The molecule has 0 radical (unpaired) electrons. The average molecular weight is 739 g/mol. The van der Waals surface area contributed by atoms with E-state index in [2.05, 4.69) is 45.2 Å². The third-order valence-corrected chi connectivity index (χ3v) is 9.51. The lowest BCUT2D eigenvalue weighted by atomic mass is 10.0. The van der Waals surface area contributed by atoms with Crippen LogP contribution in [0, 0.1) is 7.14 Å². The van der Waals surface area contributed by atoms with Crippen LogP contribution in [0.1, 0.15) is 49.0 Å². The summed E-state index contributed by atoms with van der Waals surface area (Å²) in [5.41, 5.74) is 2.80. The van der Waals surface area contributed by atoms with E-state index in [0.29, 0.717) is 36.4 Å². The van der Waals surface area contributed by atoms with Gasteiger partial charge in [-0.25, -0.2) is 0 Å². The van der Waals surface area contributed by atoms with E-state index in [1.54, 1.807) is 12.1 Å². The molecule has 0 spiro atoms. The van der Waals surface area contributed by atoms with Gasteiger partial charge in [-0.3, -0.25) is 4.57 Å². The minimum atomic E-state index is -3.24. The molecule has 4 rings (SSSR count). The van der Waals surface area contributed by atoms with Gasteiger partial charge in [-0.1, -0.05) is 37.6 Å². The highest BCUT2D eigenvalue weighted by Crippen LogP contribution is 2.56. The van der Waals surface area contributed by atoms with Gasteiger partial charge in [0.25, 0.3) is 0 Å². The number of rotatable bonds is 7. The first-order valence-corrected chi connectivity index (χ1v) is 15.6. The van der Waals surface area contributed by atoms with E-state index in [1.165, 1.54) is 0 Å². The fraction of sp³-hybridized carbons (Fsp3) is 0.308. The van der Waals surface area contributed by atoms with Gasteiger partial charge in [0.1, 0.15) is 11.5 Å². The van der Waals surface area contributed by atoms with Crippen molar-refractivity contribution in [3.63, 3.8) is 0 Å². The lowest BCUT2D eigenvalue weighted by Gasteiger charge is -2.30. The molecule has 3 aromatic rings. The van der Waals surface area contributed by atoms with Crippen molar-refractivity contribution < 1.29 is 23.5 Å². The quantitative estimate of drug-likeness (QED) is 0.194. The second kappa shape index (κ2) is 11.7. The molecule has 0 bridgehead atoms. The summed E-state index contributed by atoms with van der Waals surface area (Å²) in [4.78, 5) is 0. The minimum absolute atomic E-state index is 0.185. The summed E-state index contributed by atoms with van der Waals surface area (Å²) in [6.07, 6.45) is 1.21. The lowest BCUT2D eigenvalue weighted by Crippen LogP contribution is -2.16. The smallest absolute Gasteiger partial charge is 0.331 e. The van der Waals surface area contributed by atoms with Gasteiger partial charge in [0, 0.05) is 17.0 Å². The van der Waals surface area contributed by atoms with Crippen molar-refractivity contribution in [1.82, 2.24) is 0 Å². The van der Waals surface area contributed by atoms with Crippen LogP contribution in [0.3, 0.4) is 0 Å². The summed E-state index contributed by atoms with van der Waals surface area (Å²) >= 11 is 10.6. The third-order valence-electron chi connectivity index (χ3n) is 5.75. The number of ether oxygens (including phenoxy) is 1. The van der Waals surface area contributed by atoms with E-state index in [4.69, 9.17) is 25.4 Å². The predicted octanol–water partition coefficient (Wildman–Crippen LogP) is 9.08. The topological polar surface area (TPSA) is 65.0 Å². The van der Waals surface area contributed by atoms with Crippen LogP contribution in [0.15, 0.2) is 54.6 Å². The Kier molecular flexibility index (Phi) is 9.09. The number of phenols is 1. The number of aryl methyl sites for hydroxylation is 1. The Morgan fingerprint density at radius 3 is 2.57 bits per heavy atom. The highest BCUT2D eigenvalue weighted by Gasteiger charge is 2.34. The molecule has 1 aliphatic rings. The summed E-state index contributed by atoms with van der Waals surface area (Å²) < 4.78 is 33.0. The van der Waals surface area contributed by atoms with Crippen molar-refractivity contribution in [2.75, 3.05) is 12.8 Å². The van der Waals surface area contributed by atoms with Crippen LogP contribution in [-0.2, 0) is 20.0 Å². The van der Waals surface area contributed by atoms with Crippen molar-refractivity contribution in [3.8, 4) is 17.2 Å². The molecule has 1 N–H and O–H groups in total. The molecule has 9 heteroatoms. The van der Waals surface area contributed by atoms with Crippen molar-refractivity contribution in [3.05, 3.63) is 83.5 Å². The first-order valence-electron chi connectivity index (χ1n) is 11.3. The van der Waals surface area contributed by atoms with Gasteiger partial charge >= 0.3 is 7.60 Å². The molecule has 0 aromatic heterocycles. The number of halogens is 3.